The van der Waals surface area contributed by atoms with Gasteiger partial charge in [0.05, 0.1) is 24.9 Å². The number of guanidine groups is 1. The minimum absolute atomic E-state index is 0.243. The number of fused-ring (bicyclic) bond motifs is 1. The molecule has 2 fully saturated rings. The Bertz CT molecular complexity index is 539. The van der Waals surface area contributed by atoms with Crippen molar-refractivity contribution in [3.05, 3.63) is 15.6 Å². The van der Waals surface area contributed by atoms with Crippen LogP contribution in [0.15, 0.2) is 4.99 Å². The summed E-state index contributed by atoms with van der Waals surface area (Å²) in [6.07, 6.45) is 2.84. The first-order valence-electron chi connectivity index (χ1n) is 8.38. The number of hydrogen-bond acceptors (Lipinski definition) is 5. The molecule has 7 heteroatoms. The lowest BCUT2D eigenvalue weighted by atomic mass is 10.2. The molecule has 2 N–H and O–H groups in total. The number of aromatic nitrogens is 1. The van der Waals surface area contributed by atoms with Crippen molar-refractivity contribution in [1.29, 1.82) is 0 Å². The van der Waals surface area contributed by atoms with Crippen LogP contribution in [0.25, 0.3) is 0 Å². The van der Waals surface area contributed by atoms with Crippen LogP contribution in [-0.2, 0) is 11.3 Å². The Kier molecular flexibility index (Phi) is 5.50. The Labute approximate surface area is 142 Å². The summed E-state index contributed by atoms with van der Waals surface area (Å²) in [5.41, 5.74) is 1.12. The Morgan fingerprint density at radius 1 is 1.43 bits per heavy atom. The first kappa shape index (κ1) is 16.7. The van der Waals surface area contributed by atoms with E-state index < -0.39 is 0 Å². The van der Waals surface area contributed by atoms with E-state index in [-0.39, 0.29) is 6.10 Å². The molecule has 3 rings (SSSR count). The van der Waals surface area contributed by atoms with Crippen molar-refractivity contribution >= 4 is 17.3 Å². The highest BCUT2D eigenvalue weighted by Crippen LogP contribution is 2.22. The van der Waals surface area contributed by atoms with Gasteiger partial charge in [0.15, 0.2) is 5.96 Å². The number of nitrogens with zero attached hydrogens (tertiary/aromatic N) is 3. The standard InChI is InChI=1S/C16H27N5OS/c1-11-12(2)23-15(20-11)8-19-16(17-3)18-7-14-9-21-6-4-5-13(21)10-22-14/h13-14H,4-10H2,1-3H3,(H2,17,18,19). The topological polar surface area (TPSA) is 61.8 Å². The van der Waals surface area contributed by atoms with E-state index in [9.17, 15) is 0 Å². The maximum atomic E-state index is 5.97. The van der Waals surface area contributed by atoms with E-state index in [1.807, 2.05) is 0 Å². The molecular formula is C16H27N5OS. The Morgan fingerprint density at radius 2 is 2.30 bits per heavy atom. The summed E-state index contributed by atoms with van der Waals surface area (Å²) in [5.74, 6) is 0.808. The van der Waals surface area contributed by atoms with E-state index >= 15 is 0 Å². The fourth-order valence-electron chi connectivity index (χ4n) is 3.21. The zero-order valence-electron chi connectivity index (χ0n) is 14.3. The van der Waals surface area contributed by atoms with Gasteiger partial charge in [0, 0.05) is 31.1 Å². The molecule has 0 saturated carbocycles. The zero-order chi connectivity index (χ0) is 16.2. The highest BCUT2D eigenvalue weighted by molar-refractivity contribution is 7.11. The van der Waals surface area contributed by atoms with Gasteiger partial charge in [0.2, 0.25) is 0 Å². The molecule has 2 saturated heterocycles. The molecule has 0 amide bonds. The summed E-state index contributed by atoms with van der Waals surface area (Å²) in [6.45, 7) is 8.78. The lowest BCUT2D eigenvalue weighted by molar-refractivity contribution is -0.0453. The highest BCUT2D eigenvalue weighted by Gasteiger charge is 2.32. The van der Waals surface area contributed by atoms with E-state index in [2.05, 4.69) is 39.4 Å². The summed E-state index contributed by atoms with van der Waals surface area (Å²) in [4.78, 5) is 12.7. The van der Waals surface area contributed by atoms with Gasteiger partial charge in [-0.25, -0.2) is 4.98 Å². The summed E-state index contributed by atoms with van der Waals surface area (Å²) in [6, 6.07) is 0.653. The SMILES string of the molecule is CN=C(NCc1nc(C)c(C)s1)NCC1CN2CCCC2CO1. The van der Waals surface area contributed by atoms with Crippen LogP contribution >= 0.6 is 11.3 Å². The molecule has 1 aromatic heterocycles. The van der Waals surface area contributed by atoms with Gasteiger partial charge in [-0.1, -0.05) is 0 Å². The summed E-state index contributed by atoms with van der Waals surface area (Å²) >= 11 is 1.74. The van der Waals surface area contributed by atoms with Crippen molar-refractivity contribution in [1.82, 2.24) is 20.5 Å². The Hall–Kier alpha value is -1.18. The van der Waals surface area contributed by atoms with Gasteiger partial charge in [0.25, 0.3) is 0 Å². The second-order valence-corrected chi connectivity index (χ2v) is 7.59. The number of nitrogens with one attached hydrogen (secondary N) is 2. The molecule has 0 spiro atoms. The van der Waals surface area contributed by atoms with E-state index in [0.717, 1.165) is 36.4 Å². The third kappa shape index (κ3) is 4.22. The minimum atomic E-state index is 0.243. The molecule has 0 bridgehead atoms. The second kappa shape index (κ2) is 7.59. The van der Waals surface area contributed by atoms with E-state index in [1.54, 1.807) is 18.4 Å². The molecule has 2 atom stereocenters. The van der Waals surface area contributed by atoms with Gasteiger partial charge in [-0.15, -0.1) is 11.3 Å². The second-order valence-electron chi connectivity index (χ2n) is 6.30. The molecule has 3 heterocycles. The quantitative estimate of drug-likeness (QED) is 0.640. The molecule has 2 aliphatic rings. The van der Waals surface area contributed by atoms with Crippen molar-refractivity contribution in [3.8, 4) is 0 Å². The molecule has 128 valence electrons. The van der Waals surface area contributed by atoms with Crippen LogP contribution in [-0.4, -0.2) is 61.3 Å². The molecule has 23 heavy (non-hydrogen) atoms. The molecule has 0 aromatic carbocycles. The first-order chi connectivity index (χ1) is 11.2. The lowest BCUT2D eigenvalue weighted by Gasteiger charge is -2.35. The number of thiazole rings is 1. The van der Waals surface area contributed by atoms with E-state index in [1.165, 1.54) is 24.3 Å². The molecule has 0 radical (unpaired) electrons. The summed E-state index contributed by atoms with van der Waals surface area (Å²) < 4.78 is 5.97. The van der Waals surface area contributed by atoms with Crippen molar-refractivity contribution in [2.24, 2.45) is 4.99 Å². The monoisotopic (exact) mass is 337 g/mol. The maximum absolute atomic E-state index is 5.97. The Morgan fingerprint density at radius 3 is 3.04 bits per heavy atom. The smallest absolute Gasteiger partial charge is 0.191 e. The van der Waals surface area contributed by atoms with Gasteiger partial charge in [-0.3, -0.25) is 9.89 Å². The van der Waals surface area contributed by atoms with Gasteiger partial charge in [0.1, 0.15) is 5.01 Å². The van der Waals surface area contributed by atoms with Gasteiger partial charge in [-0.05, 0) is 33.2 Å². The number of rotatable bonds is 4. The van der Waals surface area contributed by atoms with Crippen molar-refractivity contribution in [2.75, 3.05) is 33.3 Å². The van der Waals surface area contributed by atoms with Crippen LogP contribution in [0.1, 0.15) is 28.4 Å². The summed E-state index contributed by atoms with van der Waals surface area (Å²) in [7, 11) is 1.80. The third-order valence-corrected chi connectivity index (χ3v) is 5.74. The van der Waals surface area contributed by atoms with Gasteiger partial charge in [-0.2, -0.15) is 0 Å². The average molecular weight is 337 g/mol. The normalized spacial score (nSPS) is 25.4. The maximum Gasteiger partial charge on any atom is 0.191 e. The van der Waals surface area contributed by atoms with Crippen LogP contribution in [0.2, 0.25) is 0 Å². The van der Waals surface area contributed by atoms with Crippen LogP contribution in [0, 0.1) is 13.8 Å². The molecule has 0 aliphatic carbocycles. The third-order valence-electron chi connectivity index (χ3n) is 4.66. The molecule has 1 aromatic rings. The fraction of sp³-hybridized carbons (Fsp3) is 0.750. The molecule has 6 nitrogen and oxygen atoms in total. The largest absolute Gasteiger partial charge is 0.373 e. The fourth-order valence-corrected chi connectivity index (χ4v) is 4.09. The van der Waals surface area contributed by atoms with E-state index in [4.69, 9.17) is 4.74 Å². The number of ether oxygens (including phenoxy) is 1. The molecule has 2 aliphatic heterocycles. The highest BCUT2D eigenvalue weighted by atomic mass is 32.1. The van der Waals surface area contributed by atoms with Gasteiger partial charge < -0.3 is 15.4 Å². The molecular weight excluding hydrogens is 310 g/mol. The van der Waals surface area contributed by atoms with Crippen molar-refractivity contribution < 1.29 is 4.74 Å². The van der Waals surface area contributed by atoms with Crippen LogP contribution in [0.4, 0.5) is 0 Å². The lowest BCUT2D eigenvalue weighted by Crippen LogP contribution is -2.51. The van der Waals surface area contributed by atoms with Crippen molar-refractivity contribution in [2.45, 2.75) is 45.4 Å². The molecule has 2 unspecified atom stereocenters. The minimum Gasteiger partial charge on any atom is -0.373 e. The van der Waals surface area contributed by atoms with Crippen LogP contribution < -0.4 is 10.6 Å². The average Bonchev–Trinajstić information content (AvgIpc) is 3.14. The van der Waals surface area contributed by atoms with Crippen LogP contribution in [0.3, 0.4) is 0 Å². The summed E-state index contributed by atoms with van der Waals surface area (Å²) in [5, 5.41) is 7.80. The van der Waals surface area contributed by atoms with E-state index in [0.29, 0.717) is 12.6 Å². The number of aryl methyl sites for hydroxylation is 2. The zero-order valence-corrected chi connectivity index (χ0v) is 15.1. The number of morpholine rings is 1. The predicted molar refractivity (Wildman–Crippen MR) is 94.1 cm³/mol. The van der Waals surface area contributed by atoms with Crippen LogP contribution in [0.5, 0.6) is 0 Å². The predicted octanol–water partition coefficient (Wildman–Crippen LogP) is 1.29. The first-order valence-corrected chi connectivity index (χ1v) is 9.20. The van der Waals surface area contributed by atoms with Crippen molar-refractivity contribution in [3.63, 3.8) is 0 Å². The number of hydrogen-bond donors (Lipinski definition) is 2. The number of aliphatic imine (C=N–C) groups is 1. The Balaban J connectivity index is 1.42. The van der Waals surface area contributed by atoms with Gasteiger partial charge >= 0.3 is 0 Å².